The fourth-order valence-electron chi connectivity index (χ4n) is 1.49. The van der Waals surface area contributed by atoms with Gasteiger partial charge >= 0.3 is 0 Å². The number of tetrazole rings is 1. The second-order valence-corrected chi connectivity index (χ2v) is 5.59. The molecule has 0 spiro atoms. The third-order valence-electron chi connectivity index (χ3n) is 2.42. The summed E-state index contributed by atoms with van der Waals surface area (Å²) < 4.78 is 26.4. The van der Waals surface area contributed by atoms with Crippen LogP contribution in [0.15, 0.2) is 29.2 Å². The third kappa shape index (κ3) is 3.56. The van der Waals surface area contributed by atoms with Crippen molar-refractivity contribution in [3.8, 4) is 0 Å². The highest BCUT2D eigenvalue weighted by Gasteiger charge is 2.14. The SMILES string of the molecule is CNCc1ccc(S(=O)(=O)NCc2nn[nH]n2)cc1. The van der Waals surface area contributed by atoms with Crippen molar-refractivity contribution >= 4 is 10.0 Å². The zero-order valence-corrected chi connectivity index (χ0v) is 11.1. The summed E-state index contributed by atoms with van der Waals surface area (Å²) in [4.78, 5) is 0.204. The van der Waals surface area contributed by atoms with Crippen molar-refractivity contribution in [3.63, 3.8) is 0 Å². The van der Waals surface area contributed by atoms with E-state index in [1.165, 1.54) is 0 Å². The number of aromatic amines is 1. The fraction of sp³-hybridized carbons (Fsp3) is 0.300. The van der Waals surface area contributed by atoms with Crippen LogP contribution >= 0.6 is 0 Å². The summed E-state index contributed by atoms with van der Waals surface area (Å²) in [5, 5.41) is 15.9. The van der Waals surface area contributed by atoms with Gasteiger partial charge in [0.15, 0.2) is 5.82 Å². The molecule has 0 saturated heterocycles. The normalized spacial score (nSPS) is 11.6. The van der Waals surface area contributed by atoms with Crippen LogP contribution < -0.4 is 10.0 Å². The van der Waals surface area contributed by atoms with Crippen molar-refractivity contribution in [1.82, 2.24) is 30.7 Å². The number of hydrogen-bond acceptors (Lipinski definition) is 6. The largest absolute Gasteiger partial charge is 0.316 e. The van der Waals surface area contributed by atoms with Crippen molar-refractivity contribution in [2.45, 2.75) is 18.0 Å². The molecule has 0 aliphatic rings. The van der Waals surface area contributed by atoms with E-state index in [-0.39, 0.29) is 17.3 Å². The number of nitrogens with one attached hydrogen (secondary N) is 3. The van der Waals surface area contributed by atoms with Gasteiger partial charge in [0.25, 0.3) is 0 Å². The second-order valence-electron chi connectivity index (χ2n) is 3.83. The lowest BCUT2D eigenvalue weighted by Crippen LogP contribution is -2.23. The quantitative estimate of drug-likeness (QED) is 0.652. The first-order valence-corrected chi connectivity index (χ1v) is 7.05. The van der Waals surface area contributed by atoms with E-state index in [0.717, 1.165) is 5.56 Å². The molecule has 0 aliphatic carbocycles. The van der Waals surface area contributed by atoms with Crippen molar-refractivity contribution in [2.24, 2.45) is 0 Å². The monoisotopic (exact) mass is 282 g/mol. The lowest BCUT2D eigenvalue weighted by molar-refractivity contribution is 0.579. The van der Waals surface area contributed by atoms with Crippen LogP contribution in [0.25, 0.3) is 0 Å². The molecule has 0 unspecified atom stereocenters. The molecule has 3 N–H and O–H groups in total. The zero-order valence-electron chi connectivity index (χ0n) is 10.3. The van der Waals surface area contributed by atoms with E-state index >= 15 is 0 Å². The Hall–Kier alpha value is -1.84. The molecule has 102 valence electrons. The van der Waals surface area contributed by atoms with Crippen LogP contribution in [0.5, 0.6) is 0 Å². The molecule has 0 amide bonds. The molecule has 1 aromatic carbocycles. The van der Waals surface area contributed by atoms with E-state index in [1.54, 1.807) is 24.3 Å². The molecule has 1 aromatic heterocycles. The molecule has 0 aliphatic heterocycles. The molecule has 0 saturated carbocycles. The highest BCUT2D eigenvalue weighted by Crippen LogP contribution is 2.10. The number of benzene rings is 1. The molecule has 2 rings (SSSR count). The van der Waals surface area contributed by atoms with Gasteiger partial charge in [0, 0.05) is 6.54 Å². The number of aromatic nitrogens is 4. The van der Waals surface area contributed by atoms with E-state index in [9.17, 15) is 8.42 Å². The minimum atomic E-state index is -3.56. The summed E-state index contributed by atoms with van der Waals surface area (Å²) in [6.07, 6.45) is 0. The van der Waals surface area contributed by atoms with Gasteiger partial charge < -0.3 is 5.32 Å². The molecule has 2 aromatic rings. The molecule has 0 fully saturated rings. The minimum absolute atomic E-state index is 0.00288. The van der Waals surface area contributed by atoms with Crippen molar-refractivity contribution in [2.75, 3.05) is 7.05 Å². The van der Waals surface area contributed by atoms with Crippen LogP contribution in [0.2, 0.25) is 0 Å². The van der Waals surface area contributed by atoms with Gasteiger partial charge in [-0.05, 0) is 24.7 Å². The Morgan fingerprint density at radius 1 is 1.21 bits per heavy atom. The van der Waals surface area contributed by atoms with Crippen LogP contribution in [-0.4, -0.2) is 36.1 Å². The number of sulfonamides is 1. The van der Waals surface area contributed by atoms with Gasteiger partial charge in [-0.1, -0.05) is 17.3 Å². The lowest BCUT2D eigenvalue weighted by Gasteiger charge is -2.06. The molecular weight excluding hydrogens is 268 g/mol. The number of rotatable bonds is 6. The van der Waals surface area contributed by atoms with Crippen LogP contribution in [0.4, 0.5) is 0 Å². The third-order valence-corrected chi connectivity index (χ3v) is 3.84. The average Bonchev–Trinajstić information content (AvgIpc) is 2.91. The smallest absolute Gasteiger partial charge is 0.240 e. The maximum absolute atomic E-state index is 12.0. The molecule has 0 radical (unpaired) electrons. The number of hydrogen-bond donors (Lipinski definition) is 3. The van der Waals surface area contributed by atoms with Crippen molar-refractivity contribution in [3.05, 3.63) is 35.7 Å². The Morgan fingerprint density at radius 2 is 1.95 bits per heavy atom. The van der Waals surface area contributed by atoms with Gasteiger partial charge in [0.1, 0.15) is 0 Å². The van der Waals surface area contributed by atoms with Gasteiger partial charge in [0.2, 0.25) is 10.0 Å². The lowest BCUT2D eigenvalue weighted by atomic mass is 10.2. The Balaban J connectivity index is 2.06. The maximum atomic E-state index is 12.0. The predicted octanol–water partition coefficient (Wildman–Crippen LogP) is -0.602. The van der Waals surface area contributed by atoms with Gasteiger partial charge in [-0.25, -0.2) is 13.1 Å². The predicted molar refractivity (Wildman–Crippen MR) is 67.4 cm³/mol. The molecule has 19 heavy (non-hydrogen) atoms. The van der Waals surface area contributed by atoms with Crippen LogP contribution in [0.1, 0.15) is 11.4 Å². The highest BCUT2D eigenvalue weighted by atomic mass is 32.2. The first kappa shape index (κ1) is 13.6. The number of H-pyrrole nitrogens is 1. The van der Waals surface area contributed by atoms with Crippen molar-refractivity contribution in [1.29, 1.82) is 0 Å². The van der Waals surface area contributed by atoms with E-state index in [1.807, 2.05) is 7.05 Å². The van der Waals surface area contributed by atoms with Gasteiger partial charge in [-0.3, -0.25) is 0 Å². The average molecular weight is 282 g/mol. The Bertz CT molecular complexity index is 608. The maximum Gasteiger partial charge on any atom is 0.240 e. The fourth-order valence-corrected chi connectivity index (χ4v) is 2.47. The van der Waals surface area contributed by atoms with Gasteiger partial charge in [-0.15, -0.1) is 10.2 Å². The highest BCUT2D eigenvalue weighted by molar-refractivity contribution is 7.89. The summed E-state index contributed by atoms with van der Waals surface area (Å²) in [5.74, 6) is 0.287. The topological polar surface area (TPSA) is 113 Å². The Labute approximate surface area is 110 Å². The van der Waals surface area contributed by atoms with Gasteiger partial charge in [-0.2, -0.15) is 5.21 Å². The van der Waals surface area contributed by atoms with E-state index in [4.69, 9.17) is 0 Å². The number of nitrogens with zero attached hydrogens (tertiary/aromatic N) is 3. The van der Waals surface area contributed by atoms with Crippen LogP contribution in [-0.2, 0) is 23.1 Å². The van der Waals surface area contributed by atoms with Crippen LogP contribution in [0.3, 0.4) is 0 Å². The van der Waals surface area contributed by atoms with E-state index < -0.39 is 10.0 Å². The zero-order chi connectivity index (χ0) is 13.7. The summed E-state index contributed by atoms with van der Waals surface area (Å²) in [5.41, 5.74) is 1.01. The summed E-state index contributed by atoms with van der Waals surface area (Å²) in [7, 11) is -1.73. The van der Waals surface area contributed by atoms with E-state index in [2.05, 4.69) is 30.7 Å². The Morgan fingerprint density at radius 3 is 2.53 bits per heavy atom. The molecule has 0 atom stereocenters. The van der Waals surface area contributed by atoms with Crippen LogP contribution in [0, 0.1) is 0 Å². The molecular formula is C10H14N6O2S. The standard InChI is InChI=1S/C10H14N6O2S/c1-11-6-8-2-4-9(5-3-8)19(17,18)12-7-10-13-15-16-14-10/h2-5,11-12H,6-7H2,1H3,(H,13,14,15,16). The molecule has 1 heterocycles. The van der Waals surface area contributed by atoms with Crippen molar-refractivity contribution < 1.29 is 8.42 Å². The molecule has 9 heteroatoms. The summed E-state index contributed by atoms with van der Waals surface area (Å²) >= 11 is 0. The summed E-state index contributed by atoms with van der Waals surface area (Å²) in [6, 6.07) is 6.65. The van der Waals surface area contributed by atoms with Gasteiger partial charge in [0.05, 0.1) is 11.4 Å². The first-order chi connectivity index (χ1) is 9.12. The van der Waals surface area contributed by atoms with E-state index in [0.29, 0.717) is 6.54 Å². The minimum Gasteiger partial charge on any atom is -0.316 e. The second kappa shape index (κ2) is 5.87. The first-order valence-electron chi connectivity index (χ1n) is 5.57. The molecule has 0 bridgehead atoms. The molecule has 8 nitrogen and oxygen atoms in total. The Kier molecular flexibility index (Phi) is 4.20. The summed E-state index contributed by atoms with van der Waals surface area (Å²) in [6.45, 7) is 0.688.